The van der Waals surface area contributed by atoms with E-state index in [-0.39, 0.29) is 13.1 Å². The molecule has 0 unspecified atom stereocenters. The highest BCUT2D eigenvalue weighted by Crippen LogP contribution is 2.31. The van der Waals surface area contributed by atoms with Crippen molar-refractivity contribution in [3.63, 3.8) is 0 Å². The fourth-order valence-corrected chi connectivity index (χ4v) is 3.30. The number of sulfonamides is 1. The summed E-state index contributed by atoms with van der Waals surface area (Å²) in [6.07, 6.45) is -2.01. The van der Waals surface area contributed by atoms with Crippen LogP contribution in [0.2, 0.25) is 0 Å². The van der Waals surface area contributed by atoms with Crippen molar-refractivity contribution < 1.29 is 26.1 Å². The van der Waals surface area contributed by atoms with Crippen LogP contribution in [0.3, 0.4) is 0 Å². The molecule has 0 saturated carbocycles. The predicted molar refractivity (Wildman–Crippen MR) is 75.7 cm³/mol. The van der Waals surface area contributed by atoms with Gasteiger partial charge in [0, 0.05) is 12.6 Å². The number of halogens is 3. The molecule has 1 heterocycles. The second kappa shape index (κ2) is 6.55. The van der Waals surface area contributed by atoms with Gasteiger partial charge in [-0.05, 0) is 18.2 Å². The molecule has 0 aliphatic rings. The van der Waals surface area contributed by atoms with Gasteiger partial charge >= 0.3 is 6.18 Å². The second-order valence-corrected chi connectivity index (χ2v) is 6.54. The number of nitrogens with zero attached hydrogens (tertiary/aromatic N) is 2. The lowest BCUT2D eigenvalue weighted by Gasteiger charge is -2.20. The third kappa shape index (κ3) is 3.99. The van der Waals surface area contributed by atoms with E-state index in [0.717, 1.165) is 22.5 Å². The van der Waals surface area contributed by atoms with Gasteiger partial charge < -0.3 is 4.52 Å². The number of hydrogen-bond acceptors (Lipinski definition) is 4. The minimum Gasteiger partial charge on any atom is -0.364 e. The molecular formula is C14H13F3N2O3S. The molecule has 0 atom stereocenters. The molecule has 0 aliphatic carbocycles. The smallest absolute Gasteiger partial charge is 0.364 e. The van der Waals surface area contributed by atoms with E-state index in [1.165, 1.54) is 18.4 Å². The number of benzene rings is 1. The van der Waals surface area contributed by atoms with E-state index < -0.39 is 26.7 Å². The molecule has 0 bridgehead atoms. The Morgan fingerprint density at radius 2 is 2.04 bits per heavy atom. The number of aromatic nitrogens is 1. The Balaban J connectivity index is 2.39. The van der Waals surface area contributed by atoms with Gasteiger partial charge in [0.2, 0.25) is 10.0 Å². The average Bonchev–Trinajstić information content (AvgIpc) is 2.99. The Bertz CT molecular complexity index is 771. The van der Waals surface area contributed by atoms with Gasteiger partial charge in [0.1, 0.15) is 6.26 Å². The summed E-state index contributed by atoms with van der Waals surface area (Å²) in [6, 6.07) is 5.06. The molecule has 9 heteroatoms. The molecule has 0 aliphatic heterocycles. The Kier molecular flexibility index (Phi) is 4.90. The Morgan fingerprint density at radius 1 is 1.30 bits per heavy atom. The van der Waals surface area contributed by atoms with Crippen LogP contribution in [0.1, 0.15) is 11.3 Å². The fraction of sp³-hybridized carbons (Fsp3) is 0.214. The molecule has 0 saturated heterocycles. The van der Waals surface area contributed by atoms with Gasteiger partial charge in [-0.25, -0.2) is 8.42 Å². The maximum atomic E-state index is 12.8. The third-order valence-corrected chi connectivity index (χ3v) is 4.77. The van der Waals surface area contributed by atoms with E-state index in [1.807, 2.05) is 0 Å². The van der Waals surface area contributed by atoms with Gasteiger partial charge in [0.25, 0.3) is 0 Å². The first-order valence-electron chi connectivity index (χ1n) is 6.42. The topological polar surface area (TPSA) is 63.4 Å². The van der Waals surface area contributed by atoms with E-state index in [0.29, 0.717) is 11.8 Å². The van der Waals surface area contributed by atoms with Crippen molar-refractivity contribution in [1.29, 1.82) is 0 Å². The highest BCUT2D eigenvalue weighted by molar-refractivity contribution is 7.89. The predicted octanol–water partition coefficient (Wildman–Crippen LogP) is 3.07. The first-order chi connectivity index (χ1) is 10.7. The highest BCUT2D eigenvalue weighted by atomic mass is 32.2. The van der Waals surface area contributed by atoms with Crippen LogP contribution in [0.4, 0.5) is 13.2 Å². The first-order valence-corrected chi connectivity index (χ1v) is 7.86. The Hall–Kier alpha value is -2.13. The molecule has 2 aromatic rings. The molecule has 0 N–H and O–H groups in total. The van der Waals surface area contributed by atoms with E-state index in [9.17, 15) is 21.6 Å². The lowest BCUT2D eigenvalue weighted by molar-refractivity contribution is -0.137. The molecule has 124 valence electrons. The molecule has 1 aromatic heterocycles. The zero-order valence-corrected chi connectivity index (χ0v) is 12.6. The van der Waals surface area contributed by atoms with Gasteiger partial charge in [0.15, 0.2) is 0 Å². The summed E-state index contributed by atoms with van der Waals surface area (Å²) >= 11 is 0. The molecule has 2 rings (SSSR count). The summed E-state index contributed by atoms with van der Waals surface area (Å²) < 4.78 is 69.0. The molecule has 0 amide bonds. The third-order valence-electron chi connectivity index (χ3n) is 2.96. The summed E-state index contributed by atoms with van der Waals surface area (Å²) in [5, 5.41) is 3.61. The lowest BCUT2D eigenvalue weighted by atomic mass is 10.2. The van der Waals surface area contributed by atoms with Crippen LogP contribution < -0.4 is 0 Å². The Morgan fingerprint density at radius 3 is 2.61 bits per heavy atom. The largest absolute Gasteiger partial charge is 0.416 e. The van der Waals surface area contributed by atoms with Crippen LogP contribution in [0, 0.1) is 0 Å². The summed E-state index contributed by atoms with van der Waals surface area (Å²) in [6.45, 7) is 3.25. The molecule has 0 spiro atoms. The maximum absolute atomic E-state index is 12.8. The van der Waals surface area contributed by atoms with Crippen molar-refractivity contribution in [3.05, 3.63) is 60.5 Å². The Labute approximate surface area is 131 Å². The number of alkyl halides is 3. The van der Waals surface area contributed by atoms with E-state index >= 15 is 0 Å². The van der Waals surface area contributed by atoms with Crippen molar-refractivity contribution in [2.45, 2.75) is 17.6 Å². The van der Waals surface area contributed by atoms with Crippen molar-refractivity contribution in [2.24, 2.45) is 0 Å². The normalized spacial score (nSPS) is 12.5. The van der Waals surface area contributed by atoms with Gasteiger partial charge in [-0.1, -0.05) is 17.3 Å². The van der Waals surface area contributed by atoms with Crippen molar-refractivity contribution in [2.75, 3.05) is 6.54 Å². The van der Waals surface area contributed by atoms with Crippen LogP contribution >= 0.6 is 0 Å². The SMILES string of the molecule is C=CCN(Cc1ccon1)S(=O)(=O)c1cccc(C(F)(F)F)c1. The maximum Gasteiger partial charge on any atom is 0.416 e. The second-order valence-electron chi connectivity index (χ2n) is 4.60. The minimum atomic E-state index is -4.62. The average molecular weight is 346 g/mol. The monoisotopic (exact) mass is 346 g/mol. The lowest BCUT2D eigenvalue weighted by Crippen LogP contribution is -2.31. The molecular weight excluding hydrogens is 333 g/mol. The molecule has 1 aromatic carbocycles. The van der Waals surface area contributed by atoms with Crippen molar-refractivity contribution >= 4 is 10.0 Å². The van der Waals surface area contributed by atoms with E-state index in [2.05, 4.69) is 16.3 Å². The number of hydrogen-bond donors (Lipinski definition) is 0. The minimum absolute atomic E-state index is 0.0779. The zero-order valence-electron chi connectivity index (χ0n) is 11.8. The van der Waals surface area contributed by atoms with Gasteiger partial charge in [0.05, 0.1) is 22.7 Å². The highest BCUT2D eigenvalue weighted by Gasteiger charge is 2.33. The van der Waals surface area contributed by atoms with Crippen LogP contribution in [-0.4, -0.2) is 24.4 Å². The summed E-state index contributed by atoms with van der Waals surface area (Å²) in [5.41, 5.74) is -0.694. The number of rotatable bonds is 6. The molecule has 0 fully saturated rings. The van der Waals surface area contributed by atoms with Crippen LogP contribution in [0.25, 0.3) is 0 Å². The standard InChI is InChI=1S/C14H13F3N2O3S/c1-2-7-19(10-12-6-8-22-18-12)23(20,21)13-5-3-4-11(9-13)14(15,16)17/h2-6,8-9H,1,7,10H2. The fourth-order valence-electron chi connectivity index (χ4n) is 1.87. The van der Waals surface area contributed by atoms with Crippen molar-refractivity contribution in [1.82, 2.24) is 9.46 Å². The van der Waals surface area contributed by atoms with Crippen molar-refractivity contribution in [3.8, 4) is 0 Å². The van der Waals surface area contributed by atoms with E-state index in [1.54, 1.807) is 0 Å². The summed E-state index contributed by atoms with van der Waals surface area (Å²) in [7, 11) is -4.14. The summed E-state index contributed by atoms with van der Waals surface area (Å²) in [5.74, 6) is 0. The quantitative estimate of drug-likeness (QED) is 0.754. The summed E-state index contributed by atoms with van der Waals surface area (Å²) in [4.78, 5) is -0.447. The van der Waals surface area contributed by atoms with Gasteiger partial charge in [-0.2, -0.15) is 17.5 Å². The van der Waals surface area contributed by atoms with E-state index in [4.69, 9.17) is 0 Å². The van der Waals surface area contributed by atoms with Gasteiger partial charge in [-0.3, -0.25) is 0 Å². The van der Waals surface area contributed by atoms with Gasteiger partial charge in [-0.15, -0.1) is 6.58 Å². The molecule has 23 heavy (non-hydrogen) atoms. The zero-order chi connectivity index (χ0) is 17.1. The first kappa shape index (κ1) is 17.2. The van der Waals surface area contributed by atoms with Crippen LogP contribution in [-0.2, 0) is 22.7 Å². The van der Waals surface area contributed by atoms with Crippen LogP contribution in [0.5, 0.6) is 0 Å². The van der Waals surface area contributed by atoms with Crippen LogP contribution in [0.15, 0.2) is 58.7 Å². The molecule has 0 radical (unpaired) electrons. The molecule has 5 nitrogen and oxygen atoms in total.